The molecule has 0 aliphatic rings. The van der Waals surface area contributed by atoms with Gasteiger partial charge in [0.05, 0.1) is 6.54 Å². The first-order chi connectivity index (χ1) is 6.97. The highest BCUT2D eigenvalue weighted by Crippen LogP contribution is 1.95. The molecule has 0 spiro atoms. The van der Waals surface area contributed by atoms with Crippen LogP contribution in [0, 0.1) is 0 Å². The number of carboxylic acid groups (broad SMARTS) is 1. The van der Waals surface area contributed by atoms with Crippen molar-refractivity contribution in [3.05, 3.63) is 0 Å². The van der Waals surface area contributed by atoms with Crippen LogP contribution >= 0.6 is 11.8 Å². The van der Waals surface area contributed by atoms with Crippen molar-refractivity contribution in [1.29, 1.82) is 0 Å². The van der Waals surface area contributed by atoms with Gasteiger partial charge in [0.1, 0.15) is 0 Å². The Morgan fingerprint density at radius 3 is 2.53 bits per heavy atom. The Labute approximate surface area is 92.4 Å². The number of carbonyl (C=O) groups is 2. The van der Waals surface area contributed by atoms with Gasteiger partial charge in [-0.05, 0) is 13.2 Å². The predicted molar refractivity (Wildman–Crippen MR) is 58.0 cm³/mol. The summed E-state index contributed by atoms with van der Waals surface area (Å²) in [5.74, 6) is -0.581. The molecule has 4 N–H and O–H groups in total. The Morgan fingerprint density at radius 2 is 2.07 bits per heavy atom. The predicted octanol–water partition coefficient (Wildman–Crippen LogP) is -0.517. The van der Waals surface area contributed by atoms with Crippen molar-refractivity contribution in [2.24, 2.45) is 0 Å². The molecule has 0 fully saturated rings. The van der Waals surface area contributed by atoms with E-state index in [1.54, 1.807) is 11.8 Å². The Balaban J connectivity index is 3.70. The number of rotatable bonds is 6. The number of hydrogen-bond acceptors (Lipinski definition) is 4. The highest BCUT2D eigenvalue weighted by Gasteiger charge is 2.14. The van der Waals surface area contributed by atoms with Gasteiger partial charge in [-0.3, -0.25) is 0 Å². The van der Waals surface area contributed by atoms with Crippen molar-refractivity contribution in [2.45, 2.75) is 19.1 Å². The van der Waals surface area contributed by atoms with Crippen LogP contribution in [0.15, 0.2) is 0 Å². The lowest BCUT2D eigenvalue weighted by molar-refractivity contribution is -0.146. The lowest BCUT2D eigenvalue weighted by Gasteiger charge is -2.14. The fourth-order valence-electron chi connectivity index (χ4n) is 0.843. The lowest BCUT2D eigenvalue weighted by atomic mass is 10.3. The van der Waals surface area contributed by atoms with Crippen molar-refractivity contribution in [1.82, 2.24) is 10.6 Å². The topological polar surface area (TPSA) is 98.7 Å². The maximum Gasteiger partial charge on any atom is 0.334 e. The van der Waals surface area contributed by atoms with Crippen LogP contribution in [0.3, 0.4) is 0 Å². The zero-order valence-corrected chi connectivity index (χ0v) is 9.50. The van der Waals surface area contributed by atoms with Gasteiger partial charge < -0.3 is 20.8 Å². The maximum atomic E-state index is 11.1. The van der Waals surface area contributed by atoms with Crippen LogP contribution in [-0.2, 0) is 4.79 Å². The zero-order valence-electron chi connectivity index (χ0n) is 8.69. The van der Waals surface area contributed by atoms with E-state index < -0.39 is 18.1 Å². The fourth-order valence-corrected chi connectivity index (χ4v) is 1.43. The highest BCUT2D eigenvalue weighted by atomic mass is 32.2. The number of urea groups is 1. The van der Waals surface area contributed by atoms with Gasteiger partial charge in [0, 0.05) is 11.8 Å². The third kappa shape index (κ3) is 7.03. The van der Waals surface area contributed by atoms with E-state index in [2.05, 4.69) is 10.6 Å². The van der Waals surface area contributed by atoms with Gasteiger partial charge in [-0.1, -0.05) is 0 Å². The minimum Gasteiger partial charge on any atom is -0.479 e. The molecule has 2 amide bonds. The van der Waals surface area contributed by atoms with E-state index in [1.165, 1.54) is 0 Å². The largest absolute Gasteiger partial charge is 0.479 e. The molecule has 15 heavy (non-hydrogen) atoms. The Hall–Kier alpha value is -0.950. The van der Waals surface area contributed by atoms with Crippen LogP contribution in [-0.4, -0.2) is 52.9 Å². The number of aliphatic hydroxyl groups is 1. The van der Waals surface area contributed by atoms with Crippen LogP contribution in [0.5, 0.6) is 0 Å². The molecule has 0 heterocycles. The van der Waals surface area contributed by atoms with Crippen molar-refractivity contribution < 1.29 is 19.8 Å². The Kier molecular flexibility index (Phi) is 6.89. The molecule has 2 unspecified atom stereocenters. The third-order valence-electron chi connectivity index (χ3n) is 1.54. The second-order valence-corrected chi connectivity index (χ2v) is 3.98. The van der Waals surface area contributed by atoms with Crippen molar-refractivity contribution in [2.75, 3.05) is 18.6 Å². The molecule has 2 atom stereocenters. The number of nitrogens with one attached hydrogen (secondary N) is 2. The summed E-state index contributed by atoms with van der Waals surface area (Å²) < 4.78 is 0. The summed E-state index contributed by atoms with van der Waals surface area (Å²) in [4.78, 5) is 21.3. The van der Waals surface area contributed by atoms with E-state index in [1.807, 2.05) is 13.2 Å². The number of thioether (sulfide) groups is 1. The van der Waals surface area contributed by atoms with E-state index in [4.69, 9.17) is 10.2 Å². The first-order valence-electron chi connectivity index (χ1n) is 4.41. The first kappa shape index (κ1) is 14.1. The van der Waals surface area contributed by atoms with Crippen LogP contribution in [0.1, 0.15) is 6.92 Å². The third-order valence-corrected chi connectivity index (χ3v) is 2.37. The van der Waals surface area contributed by atoms with Crippen molar-refractivity contribution in [3.8, 4) is 0 Å². The second-order valence-electron chi connectivity index (χ2n) is 3.06. The van der Waals surface area contributed by atoms with Gasteiger partial charge in [-0.2, -0.15) is 11.8 Å². The summed E-state index contributed by atoms with van der Waals surface area (Å²) in [5.41, 5.74) is 0. The van der Waals surface area contributed by atoms with Gasteiger partial charge in [-0.25, -0.2) is 9.59 Å². The summed E-state index contributed by atoms with van der Waals surface area (Å²) in [6, 6.07) is -0.473. The molecule has 7 heteroatoms. The molecule has 6 nitrogen and oxygen atoms in total. The van der Waals surface area contributed by atoms with Crippen LogP contribution in [0.2, 0.25) is 0 Å². The molecule has 0 saturated heterocycles. The molecule has 0 aliphatic heterocycles. The van der Waals surface area contributed by atoms with E-state index in [0.29, 0.717) is 0 Å². The van der Waals surface area contributed by atoms with E-state index in [-0.39, 0.29) is 12.6 Å². The summed E-state index contributed by atoms with van der Waals surface area (Å²) in [7, 11) is 0. The minimum atomic E-state index is -1.56. The molecule has 0 radical (unpaired) electrons. The molecule has 0 aliphatic carbocycles. The molecule has 0 rings (SSSR count). The normalized spacial score (nSPS) is 14.1. The number of amides is 2. The Bertz CT molecular complexity index is 225. The number of hydrogen-bond donors (Lipinski definition) is 4. The molecule has 0 saturated carbocycles. The monoisotopic (exact) mass is 236 g/mol. The molecule has 0 aromatic rings. The van der Waals surface area contributed by atoms with Gasteiger partial charge >= 0.3 is 12.0 Å². The maximum absolute atomic E-state index is 11.1. The van der Waals surface area contributed by atoms with Gasteiger partial charge in [-0.15, -0.1) is 0 Å². The van der Waals surface area contributed by atoms with Crippen LogP contribution in [0.4, 0.5) is 4.79 Å². The summed E-state index contributed by atoms with van der Waals surface area (Å²) in [6.07, 6.45) is 0.358. The average molecular weight is 236 g/mol. The molecular weight excluding hydrogens is 220 g/mol. The highest BCUT2D eigenvalue weighted by molar-refractivity contribution is 7.98. The minimum absolute atomic E-state index is 0.00182. The standard InChI is InChI=1S/C8H16N2O4S/c1-5(4-15-2)10-8(14)9-3-6(11)7(12)13/h5-6,11H,3-4H2,1-2H3,(H,12,13)(H2,9,10,14). The molecule has 0 aromatic heterocycles. The SMILES string of the molecule is CSCC(C)NC(=O)NCC(O)C(=O)O. The van der Waals surface area contributed by atoms with E-state index >= 15 is 0 Å². The molecule has 88 valence electrons. The van der Waals surface area contributed by atoms with Gasteiger partial charge in [0.15, 0.2) is 6.10 Å². The molecule has 0 bridgehead atoms. The average Bonchev–Trinajstić information content (AvgIpc) is 2.14. The summed E-state index contributed by atoms with van der Waals surface area (Å²) in [6.45, 7) is 1.54. The lowest BCUT2D eigenvalue weighted by Crippen LogP contribution is -2.45. The van der Waals surface area contributed by atoms with Crippen molar-refractivity contribution in [3.63, 3.8) is 0 Å². The number of carbonyl (C=O) groups excluding carboxylic acids is 1. The molecular formula is C8H16N2O4S. The number of aliphatic hydroxyl groups excluding tert-OH is 1. The molecule has 0 aromatic carbocycles. The van der Waals surface area contributed by atoms with Gasteiger partial charge in [0.2, 0.25) is 0 Å². The number of carboxylic acids is 1. The second kappa shape index (κ2) is 7.36. The quantitative estimate of drug-likeness (QED) is 0.497. The fraction of sp³-hybridized carbons (Fsp3) is 0.750. The zero-order chi connectivity index (χ0) is 11.8. The first-order valence-corrected chi connectivity index (χ1v) is 5.81. The van der Waals surface area contributed by atoms with Crippen molar-refractivity contribution >= 4 is 23.8 Å². The summed E-state index contributed by atoms with van der Waals surface area (Å²) in [5, 5.41) is 22.1. The number of aliphatic carboxylic acids is 1. The van der Waals surface area contributed by atoms with E-state index in [9.17, 15) is 9.59 Å². The van der Waals surface area contributed by atoms with E-state index in [0.717, 1.165) is 5.75 Å². The smallest absolute Gasteiger partial charge is 0.334 e. The van der Waals surface area contributed by atoms with Gasteiger partial charge in [0.25, 0.3) is 0 Å². The Morgan fingerprint density at radius 1 is 1.47 bits per heavy atom. The van der Waals surface area contributed by atoms with Crippen LogP contribution in [0.25, 0.3) is 0 Å². The van der Waals surface area contributed by atoms with Crippen LogP contribution < -0.4 is 10.6 Å². The summed E-state index contributed by atoms with van der Waals surface area (Å²) >= 11 is 1.60.